The number of benzene rings is 1. The number of nitrogens with zero attached hydrogens (tertiary/aromatic N) is 2. The molecule has 0 saturated carbocycles. The highest BCUT2D eigenvalue weighted by atomic mass is 32.1. The van der Waals surface area contributed by atoms with Gasteiger partial charge >= 0.3 is 0 Å². The molecule has 0 amide bonds. The van der Waals surface area contributed by atoms with Crippen molar-refractivity contribution in [3.05, 3.63) is 56.8 Å². The first-order chi connectivity index (χ1) is 11.1. The molecule has 0 bridgehead atoms. The second kappa shape index (κ2) is 7.28. The topological polar surface area (TPSA) is 20.0 Å². The van der Waals surface area contributed by atoms with E-state index in [9.17, 15) is 0 Å². The van der Waals surface area contributed by atoms with Crippen molar-refractivity contribution in [3.63, 3.8) is 0 Å². The third kappa shape index (κ3) is 4.43. The normalized spacial score (nSPS) is 16.4. The molecule has 0 unspecified atom stereocenters. The summed E-state index contributed by atoms with van der Waals surface area (Å²) in [5.74, 6) is 0. The summed E-state index contributed by atoms with van der Waals surface area (Å²) in [6.07, 6.45) is 2.01. The molecule has 1 aromatic carbocycles. The summed E-state index contributed by atoms with van der Waals surface area (Å²) in [7, 11) is 0. The predicted octanol–water partition coefficient (Wildman–Crippen LogP) is 2.41. The van der Waals surface area contributed by atoms with Gasteiger partial charge in [-0.2, -0.15) is 5.10 Å². The van der Waals surface area contributed by atoms with Crippen LogP contribution in [-0.4, -0.2) is 37.4 Å². The van der Waals surface area contributed by atoms with E-state index in [0.29, 0.717) is 0 Å². The number of hydrazone groups is 1. The van der Waals surface area contributed by atoms with Crippen LogP contribution < -0.4 is 4.90 Å². The molecular weight excluding hydrogens is 302 g/mol. The molecule has 1 aliphatic rings. The number of piperazine rings is 1. The van der Waals surface area contributed by atoms with Crippen molar-refractivity contribution in [2.45, 2.75) is 27.3 Å². The van der Waals surface area contributed by atoms with Crippen molar-refractivity contribution in [1.29, 1.82) is 0 Å². The van der Waals surface area contributed by atoms with Crippen LogP contribution in [0.1, 0.15) is 26.4 Å². The Morgan fingerprint density at radius 1 is 1.13 bits per heavy atom. The SMILES string of the molecule is Cc1ccc(C[NH+]2CCN(/N=C\c3ccc(C)s3)CC2)c(C)c1. The first kappa shape index (κ1) is 16.2. The lowest BCUT2D eigenvalue weighted by Gasteiger charge is -2.30. The lowest BCUT2D eigenvalue weighted by atomic mass is 10.1. The van der Waals surface area contributed by atoms with Crippen LogP contribution in [0.2, 0.25) is 0 Å². The first-order valence-corrected chi connectivity index (χ1v) is 9.17. The lowest BCUT2D eigenvalue weighted by Crippen LogP contribution is -3.13. The van der Waals surface area contributed by atoms with Crippen molar-refractivity contribution in [1.82, 2.24) is 5.01 Å². The van der Waals surface area contributed by atoms with Gasteiger partial charge < -0.3 is 4.90 Å². The summed E-state index contributed by atoms with van der Waals surface area (Å²) in [6.45, 7) is 12.1. The molecule has 2 aromatic rings. The summed E-state index contributed by atoms with van der Waals surface area (Å²) in [5.41, 5.74) is 4.26. The highest BCUT2D eigenvalue weighted by molar-refractivity contribution is 7.13. The number of rotatable bonds is 4. The molecule has 1 fully saturated rings. The van der Waals surface area contributed by atoms with Gasteiger partial charge in [-0.25, -0.2) is 0 Å². The van der Waals surface area contributed by atoms with Crippen LogP contribution in [0.15, 0.2) is 35.4 Å². The Kier molecular flexibility index (Phi) is 5.13. The molecule has 1 aromatic heterocycles. The quantitative estimate of drug-likeness (QED) is 0.855. The van der Waals surface area contributed by atoms with Gasteiger partial charge in [0.15, 0.2) is 0 Å². The maximum atomic E-state index is 4.64. The second-order valence-corrected chi connectivity index (χ2v) is 7.82. The molecule has 4 heteroatoms. The summed E-state index contributed by atoms with van der Waals surface area (Å²) in [6, 6.07) is 11.1. The predicted molar refractivity (Wildman–Crippen MR) is 98.5 cm³/mol. The fourth-order valence-electron chi connectivity index (χ4n) is 3.08. The van der Waals surface area contributed by atoms with Crippen LogP contribution in [0.5, 0.6) is 0 Å². The highest BCUT2D eigenvalue weighted by Crippen LogP contribution is 2.13. The smallest absolute Gasteiger partial charge is 0.103 e. The van der Waals surface area contributed by atoms with E-state index in [1.54, 1.807) is 16.2 Å². The Morgan fingerprint density at radius 2 is 1.91 bits per heavy atom. The van der Waals surface area contributed by atoms with Gasteiger partial charge in [0.1, 0.15) is 6.54 Å². The van der Waals surface area contributed by atoms with Crippen molar-refractivity contribution >= 4 is 17.6 Å². The van der Waals surface area contributed by atoms with Crippen LogP contribution in [0.4, 0.5) is 0 Å². The number of nitrogens with one attached hydrogen (secondary N) is 1. The van der Waals surface area contributed by atoms with Gasteiger partial charge in [0.25, 0.3) is 0 Å². The molecule has 3 nitrogen and oxygen atoms in total. The average Bonchev–Trinajstić information content (AvgIpc) is 2.95. The molecule has 2 heterocycles. The molecule has 0 aliphatic carbocycles. The van der Waals surface area contributed by atoms with Gasteiger partial charge in [-0.1, -0.05) is 23.8 Å². The Hall–Kier alpha value is -1.65. The van der Waals surface area contributed by atoms with E-state index in [1.165, 1.54) is 26.4 Å². The van der Waals surface area contributed by atoms with Crippen LogP contribution in [0.3, 0.4) is 0 Å². The third-order valence-electron chi connectivity index (χ3n) is 4.49. The molecule has 3 rings (SSSR count). The zero-order valence-electron chi connectivity index (χ0n) is 14.3. The summed E-state index contributed by atoms with van der Waals surface area (Å²) < 4.78 is 0. The van der Waals surface area contributed by atoms with E-state index in [4.69, 9.17) is 0 Å². The minimum absolute atomic E-state index is 1.04. The minimum Gasteiger partial charge on any atom is -0.328 e. The maximum absolute atomic E-state index is 4.64. The molecule has 122 valence electrons. The van der Waals surface area contributed by atoms with E-state index < -0.39 is 0 Å². The van der Waals surface area contributed by atoms with Gasteiger partial charge in [0.05, 0.1) is 32.4 Å². The van der Waals surface area contributed by atoms with E-state index in [2.05, 4.69) is 61.2 Å². The van der Waals surface area contributed by atoms with Gasteiger partial charge in [-0.05, 0) is 38.5 Å². The molecule has 23 heavy (non-hydrogen) atoms. The van der Waals surface area contributed by atoms with Gasteiger partial charge in [-0.3, -0.25) is 5.01 Å². The van der Waals surface area contributed by atoms with E-state index in [1.807, 2.05) is 6.21 Å². The summed E-state index contributed by atoms with van der Waals surface area (Å²) >= 11 is 1.80. The average molecular weight is 329 g/mol. The maximum Gasteiger partial charge on any atom is 0.103 e. The summed E-state index contributed by atoms with van der Waals surface area (Å²) in [5, 5.41) is 6.85. The Labute approximate surface area is 143 Å². The van der Waals surface area contributed by atoms with Crippen LogP contribution >= 0.6 is 11.3 Å². The Balaban J connectivity index is 1.51. The van der Waals surface area contributed by atoms with Crippen LogP contribution in [0, 0.1) is 20.8 Å². The molecular formula is C19H26N3S+. The fourth-order valence-corrected chi connectivity index (χ4v) is 3.82. The van der Waals surface area contributed by atoms with E-state index in [-0.39, 0.29) is 0 Å². The van der Waals surface area contributed by atoms with Crippen LogP contribution in [0.25, 0.3) is 0 Å². The number of quaternary nitrogens is 1. The summed E-state index contributed by atoms with van der Waals surface area (Å²) in [4.78, 5) is 4.25. The van der Waals surface area contributed by atoms with Crippen molar-refractivity contribution in [2.24, 2.45) is 5.10 Å². The van der Waals surface area contributed by atoms with Gasteiger partial charge in [0.2, 0.25) is 0 Å². The zero-order chi connectivity index (χ0) is 16.2. The van der Waals surface area contributed by atoms with Crippen molar-refractivity contribution in [3.8, 4) is 0 Å². The fraction of sp³-hybridized carbons (Fsp3) is 0.421. The number of hydrogen-bond acceptors (Lipinski definition) is 3. The van der Waals surface area contributed by atoms with Gasteiger partial charge in [-0.15, -0.1) is 11.3 Å². The molecule has 0 spiro atoms. The molecule has 1 aliphatic heterocycles. The monoisotopic (exact) mass is 328 g/mol. The number of aryl methyl sites for hydroxylation is 3. The number of thiophene rings is 1. The third-order valence-corrected chi connectivity index (χ3v) is 5.43. The van der Waals surface area contributed by atoms with E-state index in [0.717, 1.165) is 32.7 Å². The molecule has 1 N–H and O–H groups in total. The standard InChI is InChI=1S/C19H25N3S/c1-15-4-6-18(16(2)12-15)14-21-8-10-22(11-9-21)20-13-19-7-5-17(3)23-19/h4-7,12-13H,8-11,14H2,1-3H3/p+1/b20-13-. The zero-order valence-corrected chi connectivity index (χ0v) is 15.1. The molecule has 0 radical (unpaired) electrons. The largest absolute Gasteiger partial charge is 0.328 e. The Morgan fingerprint density at radius 3 is 2.57 bits per heavy atom. The minimum atomic E-state index is 1.04. The number of hydrogen-bond donors (Lipinski definition) is 1. The lowest BCUT2D eigenvalue weighted by molar-refractivity contribution is -0.918. The molecule has 0 atom stereocenters. The van der Waals surface area contributed by atoms with Crippen molar-refractivity contribution < 1.29 is 4.90 Å². The van der Waals surface area contributed by atoms with Crippen LogP contribution in [-0.2, 0) is 6.54 Å². The highest BCUT2D eigenvalue weighted by Gasteiger charge is 2.19. The van der Waals surface area contributed by atoms with Crippen molar-refractivity contribution in [2.75, 3.05) is 26.2 Å². The van der Waals surface area contributed by atoms with Gasteiger partial charge in [0, 0.05) is 15.3 Å². The van der Waals surface area contributed by atoms with E-state index >= 15 is 0 Å². The Bertz CT molecular complexity index is 682. The first-order valence-electron chi connectivity index (χ1n) is 8.35. The second-order valence-electron chi connectivity index (χ2n) is 6.50. The molecule has 1 saturated heterocycles.